The quantitative estimate of drug-likeness (QED) is 0.499. The molecule has 0 aliphatic rings. The highest BCUT2D eigenvalue weighted by molar-refractivity contribution is 6.70. The second kappa shape index (κ2) is 4.57. The number of nitrogen functional groups attached to an aromatic ring is 1. The summed E-state index contributed by atoms with van der Waals surface area (Å²) < 4.78 is 10.4. The van der Waals surface area contributed by atoms with Crippen molar-refractivity contribution in [3.05, 3.63) is 23.8 Å². The average Bonchev–Trinajstić information content (AvgIpc) is 2.18. The molecule has 0 saturated heterocycles. The third kappa shape index (κ3) is 3.27. The topological polar surface area (TPSA) is 61.5 Å². The first-order valence-electron chi connectivity index (χ1n) is 5.00. The Labute approximate surface area is 96.5 Å². The minimum absolute atomic E-state index is 0.388. The molecule has 0 saturated carbocycles. The van der Waals surface area contributed by atoms with E-state index in [1.165, 1.54) is 7.11 Å². The normalized spacial score (nSPS) is 11.0. The summed E-state index contributed by atoms with van der Waals surface area (Å²) in [6, 6.07) is 4.90. The van der Waals surface area contributed by atoms with Crippen LogP contribution in [0, 0.1) is 0 Å². The summed E-state index contributed by atoms with van der Waals surface area (Å²) in [5.74, 6) is 0.169. The molecule has 88 valence electrons. The first-order chi connectivity index (χ1) is 7.33. The number of benzene rings is 1. The molecule has 0 aliphatic heterocycles. The van der Waals surface area contributed by atoms with Crippen LogP contribution in [0.1, 0.15) is 10.4 Å². The van der Waals surface area contributed by atoms with Crippen molar-refractivity contribution in [2.75, 3.05) is 12.8 Å². The Morgan fingerprint density at radius 3 is 2.44 bits per heavy atom. The van der Waals surface area contributed by atoms with Crippen LogP contribution >= 0.6 is 0 Å². The van der Waals surface area contributed by atoms with Gasteiger partial charge in [-0.2, -0.15) is 0 Å². The van der Waals surface area contributed by atoms with Crippen molar-refractivity contribution in [1.82, 2.24) is 0 Å². The molecule has 0 atom stereocenters. The van der Waals surface area contributed by atoms with Gasteiger partial charge in [0.15, 0.2) is 0 Å². The Hall–Kier alpha value is -1.49. The fraction of sp³-hybridized carbons (Fsp3) is 0.364. The second-order valence-corrected chi connectivity index (χ2v) is 8.89. The van der Waals surface area contributed by atoms with E-state index in [9.17, 15) is 4.79 Å². The predicted octanol–water partition coefficient (Wildman–Crippen LogP) is 2.27. The molecule has 16 heavy (non-hydrogen) atoms. The lowest BCUT2D eigenvalue weighted by Gasteiger charge is -2.20. The lowest BCUT2D eigenvalue weighted by molar-refractivity contribution is 0.0600. The molecule has 0 fully saturated rings. The monoisotopic (exact) mass is 239 g/mol. The van der Waals surface area contributed by atoms with E-state index in [-0.39, 0.29) is 5.97 Å². The Bertz CT molecular complexity index is 399. The van der Waals surface area contributed by atoms with Crippen LogP contribution in [0.5, 0.6) is 5.75 Å². The van der Waals surface area contributed by atoms with Crippen molar-refractivity contribution in [1.29, 1.82) is 0 Å². The fourth-order valence-electron chi connectivity index (χ4n) is 1.20. The van der Waals surface area contributed by atoms with Crippen molar-refractivity contribution >= 4 is 20.0 Å². The molecule has 1 rings (SSSR count). The van der Waals surface area contributed by atoms with Crippen LogP contribution in [0.3, 0.4) is 0 Å². The Morgan fingerprint density at radius 1 is 1.31 bits per heavy atom. The van der Waals surface area contributed by atoms with Gasteiger partial charge >= 0.3 is 5.97 Å². The minimum Gasteiger partial charge on any atom is -0.543 e. The zero-order chi connectivity index (χ0) is 12.3. The number of esters is 1. The maximum Gasteiger partial charge on any atom is 0.337 e. The van der Waals surface area contributed by atoms with Crippen molar-refractivity contribution in [2.24, 2.45) is 0 Å². The van der Waals surface area contributed by atoms with Crippen LogP contribution < -0.4 is 10.2 Å². The van der Waals surface area contributed by atoms with E-state index in [0.717, 1.165) is 0 Å². The lowest BCUT2D eigenvalue weighted by Crippen LogP contribution is -2.29. The summed E-state index contributed by atoms with van der Waals surface area (Å²) >= 11 is 0. The average molecular weight is 239 g/mol. The van der Waals surface area contributed by atoms with E-state index < -0.39 is 8.32 Å². The van der Waals surface area contributed by atoms with Crippen molar-refractivity contribution in [3.8, 4) is 5.75 Å². The Kier molecular flexibility index (Phi) is 3.59. The van der Waals surface area contributed by atoms with Gasteiger partial charge in [0.25, 0.3) is 0 Å². The van der Waals surface area contributed by atoms with Gasteiger partial charge in [-0.25, -0.2) is 4.79 Å². The lowest BCUT2D eigenvalue weighted by atomic mass is 10.2. The highest BCUT2D eigenvalue weighted by Crippen LogP contribution is 2.25. The van der Waals surface area contributed by atoms with Crippen molar-refractivity contribution < 1.29 is 14.0 Å². The number of anilines is 1. The van der Waals surface area contributed by atoms with Gasteiger partial charge < -0.3 is 14.9 Å². The molecule has 1 aromatic carbocycles. The molecule has 2 N–H and O–H groups in total. The molecular formula is C11H17NO3Si. The summed E-state index contributed by atoms with van der Waals surface area (Å²) in [6.45, 7) is 6.16. The molecule has 5 heteroatoms. The van der Waals surface area contributed by atoms with Gasteiger partial charge in [0.1, 0.15) is 5.75 Å². The van der Waals surface area contributed by atoms with E-state index in [0.29, 0.717) is 17.0 Å². The van der Waals surface area contributed by atoms with Crippen LogP contribution in [0.2, 0.25) is 19.6 Å². The molecule has 0 spiro atoms. The highest BCUT2D eigenvalue weighted by Gasteiger charge is 2.18. The summed E-state index contributed by atoms with van der Waals surface area (Å²) in [5.41, 5.74) is 6.77. The number of ether oxygens (including phenoxy) is 1. The molecule has 0 heterocycles. The van der Waals surface area contributed by atoms with Gasteiger partial charge in [-0.3, -0.25) is 0 Å². The SMILES string of the molecule is COC(=O)c1ccc(N)c(O[Si](C)(C)C)c1. The molecule has 0 amide bonds. The van der Waals surface area contributed by atoms with Crippen molar-refractivity contribution in [2.45, 2.75) is 19.6 Å². The molecule has 0 aromatic heterocycles. The highest BCUT2D eigenvalue weighted by atomic mass is 28.4. The van der Waals surface area contributed by atoms with Gasteiger partial charge in [-0.05, 0) is 37.8 Å². The number of methoxy groups -OCH3 is 1. The third-order valence-electron chi connectivity index (χ3n) is 1.85. The third-order valence-corrected chi connectivity index (χ3v) is 2.68. The molecule has 0 bridgehead atoms. The molecule has 0 unspecified atom stereocenters. The summed E-state index contributed by atoms with van der Waals surface area (Å²) in [6.07, 6.45) is 0. The number of hydrogen-bond acceptors (Lipinski definition) is 4. The van der Waals surface area contributed by atoms with Crippen LogP contribution in [0.25, 0.3) is 0 Å². The van der Waals surface area contributed by atoms with Crippen LogP contribution in [-0.2, 0) is 4.74 Å². The molecule has 4 nitrogen and oxygen atoms in total. The summed E-state index contributed by atoms with van der Waals surface area (Å²) in [7, 11) is -0.384. The molecule has 1 aromatic rings. The van der Waals surface area contributed by atoms with Crippen LogP contribution in [0.15, 0.2) is 18.2 Å². The molecule has 0 radical (unpaired) electrons. The number of hydrogen-bond donors (Lipinski definition) is 1. The van der Waals surface area contributed by atoms with Gasteiger partial charge in [-0.15, -0.1) is 0 Å². The molecule has 0 aliphatic carbocycles. The van der Waals surface area contributed by atoms with Crippen molar-refractivity contribution in [3.63, 3.8) is 0 Å². The van der Waals surface area contributed by atoms with Gasteiger partial charge in [0, 0.05) is 0 Å². The second-order valence-electron chi connectivity index (χ2n) is 4.46. The maximum absolute atomic E-state index is 11.3. The molecular weight excluding hydrogens is 222 g/mol. The zero-order valence-electron chi connectivity index (χ0n) is 10.0. The first-order valence-corrected chi connectivity index (χ1v) is 8.41. The standard InChI is InChI=1S/C11H17NO3Si/c1-14-11(13)8-5-6-9(12)10(7-8)15-16(2,3)4/h5-7H,12H2,1-4H3. The maximum atomic E-state index is 11.3. The van der Waals surface area contributed by atoms with E-state index in [4.69, 9.17) is 10.2 Å². The number of carbonyl (C=O) groups is 1. The smallest absolute Gasteiger partial charge is 0.337 e. The predicted molar refractivity (Wildman–Crippen MR) is 66.2 cm³/mol. The van der Waals surface area contributed by atoms with Gasteiger partial charge in [0.2, 0.25) is 8.32 Å². The van der Waals surface area contributed by atoms with E-state index in [1.807, 2.05) is 0 Å². The van der Waals surface area contributed by atoms with Gasteiger partial charge in [0.05, 0.1) is 18.4 Å². The summed E-state index contributed by atoms with van der Waals surface area (Å²) in [4.78, 5) is 11.3. The number of rotatable bonds is 3. The number of carbonyl (C=O) groups excluding carboxylic acids is 1. The zero-order valence-corrected chi connectivity index (χ0v) is 11.0. The van der Waals surface area contributed by atoms with E-state index in [1.54, 1.807) is 18.2 Å². The first kappa shape index (κ1) is 12.6. The largest absolute Gasteiger partial charge is 0.543 e. The van der Waals surface area contributed by atoms with E-state index in [2.05, 4.69) is 24.4 Å². The Balaban J connectivity index is 3.04. The van der Waals surface area contributed by atoms with Gasteiger partial charge in [-0.1, -0.05) is 0 Å². The Morgan fingerprint density at radius 2 is 1.94 bits per heavy atom. The van der Waals surface area contributed by atoms with E-state index >= 15 is 0 Å². The van der Waals surface area contributed by atoms with Crippen LogP contribution in [-0.4, -0.2) is 21.4 Å². The van der Waals surface area contributed by atoms with Crippen LogP contribution in [0.4, 0.5) is 5.69 Å². The fourth-order valence-corrected chi connectivity index (χ4v) is 2.03. The number of nitrogens with two attached hydrogens (primary N) is 1. The summed E-state index contributed by atoms with van der Waals surface area (Å²) in [5, 5.41) is 0. The minimum atomic E-state index is -1.73.